The molecule has 0 bridgehead atoms. The zero-order chi connectivity index (χ0) is 46.9. The third-order valence-electron chi connectivity index (χ3n) is 11.6. The summed E-state index contributed by atoms with van der Waals surface area (Å²) in [5.41, 5.74) is 2.79. The van der Waals surface area contributed by atoms with Crippen LogP contribution >= 0.6 is 11.6 Å². The number of rotatable bonds is 20. The second-order valence-electron chi connectivity index (χ2n) is 18.2. The lowest BCUT2D eigenvalue weighted by Crippen LogP contribution is -2.45. The number of hydrogen-bond acceptors (Lipinski definition) is 8. The molecule has 1 unspecified atom stereocenters. The first-order valence-corrected chi connectivity index (χ1v) is 23.5. The van der Waals surface area contributed by atoms with Crippen molar-refractivity contribution in [3.05, 3.63) is 137 Å². The number of nitrogens with one attached hydrogen (secondary N) is 2. The van der Waals surface area contributed by atoms with E-state index in [0.29, 0.717) is 31.1 Å². The Morgan fingerprint density at radius 2 is 1.30 bits per heavy atom. The molecule has 5 rings (SSSR count). The molecule has 0 aliphatic heterocycles. The van der Waals surface area contributed by atoms with Gasteiger partial charge in [0.15, 0.2) is 5.78 Å². The van der Waals surface area contributed by atoms with Gasteiger partial charge >= 0.3 is 0 Å². The molecule has 12 heteroatoms. The number of ketones is 1. The highest BCUT2D eigenvalue weighted by molar-refractivity contribution is 7.91. The van der Waals surface area contributed by atoms with Crippen molar-refractivity contribution in [2.75, 3.05) is 17.2 Å². The molecular formula is C52H61ClN2O8S. The Labute approximate surface area is 384 Å². The highest BCUT2D eigenvalue weighted by Crippen LogP contribution is 2.38. The monoisotopic (exact) mass is 908 g/mol. The first kappa shape index (κ1) is 49.4. The molecule has 64 heavy (non-hydrogen) atoms. The Morgan fingerprint density at radius 1 is 0.688 bits per heavy atom. The fourth-order valence-corrected chi connectivity index (χ4v) is 8.02. The van der Waals surface area contributed by atoms with Crippen LogP contribution in [-0.2, 0) is 41.7 Å². The maximum atomic E-state index is 13.8. The van der Waals surface area contributed by atoms with E-state index in [2.05, 4.69) is 70.4 Å². The average Bonchev–Trinajstić information content (AvgIpc) is 3.27. The zero-order valence-corrected chi connectivity index (χ0v) is 39.9. The van der Waals surface area contributed by atoms with Crippen molar-refractivity contribution < 1.29 is 37.0 Å². The maximum Gasteiger partial charge on any atom is 0.273 e. The molecule has 0 aromatic heterocycles. The van der Waals surface area contributed by atoms with Gasteiger partial charge in [-0.05, 0) is 120 Å². The van der Waals surface area contributed by atoms with Crippen LogP contribution in [0, 0.1) is 5.41 Å². The minimum atomic E-state index is -3.92. The third kappa shape index (κ3) is 12.8. The van der Waals surface area contributed by atoms with Crippen molar-refractivity contribution in [1.29, 1.82) is 0 Å². The molecule has 0 heterocycles. The van der Waals surface area contributed by atoms with E-state index in [1.165, 1.54) is 54.1 Å². The summed E-state index contributed by atoms with van der Waals surface area (Å²) in [6, 6.07) is 32.4. The van der Waals surface area contributed by atoms with Crippen LogP contribution in [0.1, 0.15) is 105 Å². The number of Topliss-reactive ketones (excluding diaryl/α,β-unsaturated/α-hetero) is 1. The Bertz CT molecular complexity index is 2510. The second kappa shape index (κ2) is 20.9. The minimum absolute atomic E-state index is 0.00506. The first-order valence-electron chi connectivity index (χ1n) is 21.7. The lowest BCUT2D eigenvalue weighted by molar-refractivity contribution is -0.140. The Morgan fingerprint density at radius 3 is 1.89 bits per heavy atom. The molecule has 0 spiro atoms. The Hall–Kier alpha value is -5.65. The predicted octanol–water partition coefficient (Wildman–Crippen LogP) is 11.9. The van der Waals surface area contributed by atoms with E-state index in [9.17, 15) is 22.8 Å². The maximum absolute atomic E-state index is 13.8. The summed E-state index contributed by atoms with van der Waals surface area (Å²) in [6.45, 7) is 18.8. The van der Waals surface area contributed by atoms with Gasteiger partial charge in [0.1, 0.15) is 23.9 Å². The van der Waals surface area contributed by atoms with E-state index in [0.717, 1.165) is 29.7 Å². The van der Waals surface area contributed by atoms with E-state index in [4.69, 9.17) is 25.8 Å². The number of amides is 2. The van der Waals surface area contributed by atoms with Crippen LogP contribution in [0.25, 0.3) is 0 Å². The molecule has 2 N–H and O–H groups in total. The minimum Gasteiger partial charge on any atom is -0.493 e. The molecule has 2 amide bonds. The number of ether oxygens (including phenoxy) is 3. The number of hydrogen-bond donors (Lipinski definition) is 2. The quantitative estimate of drug-likeness (QED) is 0.0582. The summed E-state index contributed by atoms with van der Waals surface area (Å²) < 4.78 is 45.1. The molecule has 0 saturated heterocycles. The highest BCUT2D eigenvalue weighted by Gasteiger charge is 2.37. The van der Waals surface area contributed by atoms with Crippen LogP contribution in [0.2, 0.25) is 5.02 Å². The molecular weight excluding hydrogens is 848 g/mol. The zero-order valence-electron chi connectivity index (χ0n) is 38.3. The van der Waals surface area contributed by atoms with E-state index in [-0.39, 0.29) is 49.4 Å². The van der Waals surface area contributed by atoms with Crippen molar-refractivity contribution in [3.63, 3.8) is 0 Å². The van der Waals surface area contributed by atoms with Gasteiger partial charge in [-0.2, -0.15) is 0 Å². The van der Waals surface area contributed by atoms with Gasteiger partial charge in [-0.25, -0.2) is 8.42 Å². The van der Waals surface area contributed by atoms with E-state index in [1.54, 1.807) is 39.0 Å². The lowest BCUT2D eigenvalue weighted by Gasteiger charge is -2.29. The highest BCUT2D eigenvalue weighted by atomic mass is 35.5. The van der Waals surface area contributed by atoms with E-state index >= 15 is 0 Å². The van der Waals surface area contributed by atoms with Crippen molar-refractivity contribution in [3.8, 4) is 17.2 Å². The van der Waals surface area contributed by atoms with Gasteiger partial charge in [0.25, 0.3) is 5.91 Å². The van der Waals surface area contributed by atoms with Crippen LogP contribution < -0.4 is 24.8 Å². The standard InChI is InChI=1S/C52H61ClN2O8S/c1-10-51(6,7)36-19-29-42(52(8,9)11-2)45(32-36)61-31-15-18-46(56)54-37-20-30-43(53)44(33-37)55-49(58)47(48(57)50(3,4)5)63-39-23-27-41(28-24-39)64(59,60)40-25-21-38(22-26-40)62-34-35-16-13-12-14-17-35/h12-14,16-17,19-30,32-33,47H,10-11,15,18,31,34H2,1-9H3,(H,54,56)(H,55,58). The molecule has 5 aromatic rings. The SMILES string of the molecule is CCC(C)(C)c1ccc(C(C)(C)CC)c(OCCCC(=O)Nc2ccc(Cl)c(NC(=O)C(Oc3ccc(S(=O)(=O)c4ccc(OCc5ccccc5)cc4)cc3)C(=O)C(C)(C)C)c2)c1. The smallest absolute Gasteiger partial charge is 0.273 e. The molecule has 340 valence electrons. The number of anilines is 2. The van der Waals surface area contributed by atoms with Gasteiger partial charge in [-0.15, -0.1) is 0 Å². The Balaban J connectivity index is 1.21. The van der Waals surface area contributed by atoms with Crippen molar-refractivity contribution >= 4 is 50.4 Å². The largest absolute Gasteiger partial charge is 0.493 e. The molecule has 1 atom stereocenters. The van der Waals surface area contributed by atoms with Crippen LogP contribution in [0.15, 0.2) is 125 Å². The third-order valence-corrected chi connectivity index (χ3v) is 13.7. The number of sulfone groups is 1. The van der Waals surface area contributed by atoms with Crippen molar-refractivity contribution in [2.45, 2.75) is 121 Å². The summed E-state index contributed by atoms with van der Waals surface area (Å²) in [5, 5.41) is 5.73. The van der Waals surface area contributed by atoms with Gasteiger partial charge in [0, 0.05) is 17.5 Å². The van der Waals surface area contributed by atoms with Crippen LogP contribution in [0.4, 0.5) is 11.4 Å². The molecule has 0 radical (unpaired) electrons. The van der Waals surface area contributed by atoms with Crippen LogP contribution in [0.5, 0.6) is 17.2 Å². The number of carbonyl (C=O) groups is 3. The molecule has 0 aliphatic rings. The average molecular weight is 910 g/mol. The van der Waals surface area contributed by atoms with Gasteiger partial charge in [0.2, 0.25) is 21.8 Å². The van der Waals surface area contributed by atoms with Gasteiger partial charge in [0.05, 0.1) is 27.1 Å². The molecule has 0 saturated carbocycles. The summed E-state index contributed by atoms with van der Waals surface area (Å²) in [6.07, 6.45) is 0.952. The molecule has 0 fully saturated rings. The lowest BCUT2D eigenvalue weighted by atomic mass is 9.77. The fourth-order valence-electron chi connectivity index (χ4n) is 6.60. The van der Waals surface area contributed by atoms with E-state index in [1.807, 2.05) is 30.3 Å². The van der Waals surface area contributed by atoms with Crippen molar-refractivity contribution in [2.24, 2.45) is 5.41 Å². The summed E-state index contributed by atoms with van der Waals surface area (Å²) in [4.78, 5) is 40.6. The normalized spacial score (nSPS) is 12.5. The first-order chi connectivity index (χ1) is 30.1. The summed E-state index contributed by atoms with van der Waals surface area (Å²) in [5.74, 6) is -0.119. The number of halogens is 1. The number of carbonyl (C=O) groups excluding carboxylic acids is 3. The fraction of sp³-hybridized carbons (Fsp3) is 0.365. The van der Waals surface area contributed by atoms with E-state index < -0.39 is 33.0 Å². The van der Waals surface area contributed by atoms with Gasteiger partial charge in [-0.1, -0.05) is 116 Å². The van der Waals surface area contributed by atoms with Gasteiger partial charge in [-0.3, -0.25) is 14.4 Å². The topological polar surface area (TPSA) is 137 Å². The predicted molar refractivity (Wildman–Crippen MR) is 255 cm³/mol. The van der Waals surface area contributed by atoms with Gasteiger partial charge < -0.3 is 24.8 Å². The Kier molecular flexibility index (Phi) is 16.1. The summed E-state index contributed by atoms with van der Waals surface area (Å²) >= 11 is 6.50. The van der Waals surface area contributed by atoms with Crippen LogP contribution in [-0.4, -0.2) is 38.7 Å². The molecule has 10 nitrogen and oxygen atoms in total. The number of benzene rings is 5. The summed E-state index contributed by atoms with van der Waals surface area (Å²) in [7, 11) is -3.92. The van der Waals surface area contributed by atoms with Crippen LogP contribution in [0.3, 0.4) is 0 Å². The molecule has 0 aliphatic carbocycles. The second-order valence-corrected chi connectivity index (χ2v) is 20.6. The molecule has 5 aromatic carbocycles. The van der Waals surface area contributed by atoms with Crippen molar-refractivity contribution in [1.82, 2.24) is 0 Å².